The Kier molecular flexibility index (Phi) is 5.90. The van der Waals surface area contributed by atoms with E-state index in [-0.39, 0.29) is 40.3 Å². The van der Waals surface area contributed by atoms with Crippen molar-refractivity contribution in [2.75, 3.05) is 13.1 Å². The Morgan fingerprint density at radius 3 is 2.62 bits per heavy atom. The third-order valence-corrected chi connectivity index (χ3v) is 5.24. The van der Waals surface area contributed by atoms with Gasteiger partial charge in [0.05, 0.1) is 4.86 Å². The summed E-state index contributed by atoms with van der Waals surface area (Å²) in [5.41, 5.74) is 2.72. The van der Waals surface area contributed by atoms with E-state index in [1.807, 2.05) is 19.1 Å². The molecule has 2 unspecified atom stereocenters. The van der Waals surface area contributed by atoms with Crippen LogP contribution in [0.25, 0.3) is 0 Å². The van der Waals surface area contributed by atoms with Crippen LogP contribution in [0.3, 0.4) is 0 Å². The summed E-state index contributed by atoms with van der Waals surface area (Å²) >= 11 is 0. The van der Waals surface area contributed by atoms with Crippen LogP contribution in [0.4, 0.5) is 0 Å². The van der Waals surface area contributed by atoms with Gasteiger partial charge in [-0.15, -0.1) is 17.0 Å². The molecule has 0 fully saturated rings. The second-order valence-corrected chi connectivity index (χ2v) is 6.95. The smallest absolute Gasteiger partial charge is 0.217 e. The van der Waals surface area contributed by atoms with Crippen LogP contribution < -0.4 is 5.32 Å². The third-order valence-electron chi connectivity index (χ3n) is 4.46. The molecular formula is C17H20BrNO4S. The maximum Gasteiger partial charge on any atom is 0.217 e. The Hall–Kier alpha value is -1.57. The molecule has 5 nitrogen and oxygen atoms in total. The predicted octanol–water partition coefficient (Wildman–Crippen LogP) is 2.09. The van der Waals surface area contributed by atoms with E-state index in [0.717, 1.165) is 29.7 Å². The van der Waals surface area contributed by atoms with Gasteiger partial charge in [0.2, 0.25) is 10.3 Å². The summed E-state index contributed by atoms with van der Waals surface area (Å²) in [4.78, 5) is 0.359. The first-order valence-corrected chi connectivity index (χ1v) is 8.63. The van der Waals surface area contributed by atoms with E-state index in [1.54, 1.807) is 18.2 Å². The van der Waals surface area contributed by atoms with Gasteiger partial charge >= 0.3 is 0 Å². The highest BCUT2D eigenvalue weighted by atomic mass is 79.9. The number of rotatable bonds is 1. The molecule has 0 saturated carbocycles. The molecule has 3 rings (SSSR count). The molecule has 24 heavy (non-hydrogen) atoms. The van der Waals surface area contributed by atoms with E-state index in [4.69, 9.17) is 0 Å². The van der Waals surface area contributed by atoms with Gasteiger partial charge in [-0.05, 0) is 49.2 Å². The lowest BCUT2D eigenvalue weighted by Gasteiger charge is -2.27. The maximum atomic E-state index is 11.6. The number of nitrogens with one attached hydrogen (secondary N) is 1. The Morgan fingerprint density at radius 2 is 1.92 bits per heavy atom. The van der Waals surface area contributed by atoms with E-state index < -0.39 is 10.3 Å². The topological polar surface area (TPSA) is 86.6 Å². The third kappa shape index (κ3) is 3.58. The molecule has 130 valence electrons. The zero-order valence-electron chi connectivity index (χ0n) is 13.2. The van der Waals surface area contributed by atoms with Gasteiger partial charge in [0, 0.05) is 18.4 Å². The molecule has 2 aliphatic rings. The molecule has 0 amide bonds. The van der Waals surface area contributed by atoms with E-state index in [1.165, 1.54) is 0 Å². The molecule has 7 heteroatoms. The van der Waals surface area contributed by atoms with Crippen molar-refractivity contribution in [3.8, 4) is 11.5 Å². The molecule has 1 aliphatic heterocycles. The van der Waals surface area contributed by atoms with Gasteiger partial charge in [0.15, 0.2) is 11.5 Å². The Balaban J connectivity index is 0.00000208. The number of halogens is 1. The van der Waals surface area contributed by atoms with E-state index in [2.05, 4.69) is 5.32 Å². The minimum atomic E-state index is -2.30. The molecule has 2 atom stereocenters. The number of aromatic hydroxyl groups is 2. The summed E-state index contributed by atoms with van der Waals surface area (Å²) in [6, 6.07) is 3.14. The Labute approximate surface area is 153 Å². The molecule has 0 saturated heterocycles. The van der Waals surface area contributed by atoms with Crippen molar-refractivity contribution in [2.24, 2.45) is 5.92 Å². The average Bonchev–Trinajstić information content (AvgIpc) is 2.70. The highest BCUT2D eigenvalue weighted by Crippen LogP contribution is 2.38. The first-order chi connectivity index (χ1) is 11.0. The largest absolute Gasteiger partial charge is 0.504 e. The average molecular weight is 414 g/mol. The minimum Gasteiger partial charge on any atom is -0.504 e. The monoisotopic (exact) mass is 413 g/mol. The summed E-state index contributed by atoms with van der Waals surface area (Å²) in [6.45, 7) is 3.22. The van der Waals surface area contributed by atoms with Crippen molar-refractivity contribution in [1.29, 1.82) is 0 Å². The lowest BCUT2D eigenvalue weighted by atomic mass is 9.79. The zero-order valence-corrected chi connectivity index (χ0v) is 15.7. The normalized spacial score (nSPS) is 22.9. The zero-order chi connectivity index (χ0) is 16.6. The van der Waals surface area contributed by atoms with Gasteiger partial charge in [-0.2, -0.15) is 8.42 Å². The summed E-state index contributed by atoms with van der Waals surface area (Å²) in [7, 11) is -2.30. The first kappa shape index (κ1) is 18.8. The number of fused-ring (bicyclic) bond motifs is 1. The van der Waals surface area contributed by atoms with Gasteiger partial charge in [-0.1, -0.05) is 17.7 Å². The van der Waals surface area contributed by atoms with Gasteiger partial charge < -0.3 is 15.5 Å². The second kappa shape index (κ2) is 7.55. The molecular weight excluding hydrogens is 394 g/mol. The number of hydrogen-bond acceptors (Lipinski definition) is 5. The molecule has 0 aromatic heterocycles. The number of benzene rings is 1. The van der Waals surface area contributed by atoms with Crippen LogP contribution in [0.2, 0.25) is 0 Å². The van der Waals surface area contributed by atoms with Crippen LogP contribution in [-0.4, -0.2) is 36.6 Å². The molecule has 0 spiro atoms. The minimum absolute atomic E-state index is 0. The Morgan fingerprint density at radius 1 is 1.21 bits per heavy atom. The summed E-state index contributed by atoms with van der Waals surface area (Å²) in [6.07, 6.45) is 6.25. The van der Waals surface area contributed by atoms with Crippen molar-refractivity contribution >= 4 is 32.1 Å². The maximum absolute atomic E-state index is 11.6. The molecule has 0 radical (unpaired) electrons. The van der Waals surface area contributed by atoms with Crippen LogP contribution >= 0.6 is 17.0 Å². The van der Waals surface area contributed by atoms with Crippen LogP contribution in [0, 0.1) is 5.92 Å². The standard InChI is InChI=1S/C17H19NO4S.BrH/c1-10-2-3-12(17(6-10)23(21)22)14-9-18-5-4-11-7-15(19)16(20)8-13(11)14;/h2-3,6-8,12,14,18-20H,4-5,9H2,1H3;1H. The van der Waals surface area contributed by atoms with Crippen LogP contribution in [-0.2, 0) is 16.7 Å². The van der Waals surface area contributed by atoms with Crippen LogP contribution in [0.1, 0.15) is 24.0 Å². The fourth-order valence-electron chi connectivity index (χ4n) is 3.32. The summed E-state index contributed by atoms with van der Waals surface area (Å²) in [5.74, 6) is -0.722. The van der Waals surface area contributed by atoms with Crippen molar-refractivity contribution in [1.82, 2.24) is 5.32 Å². The predicted molar refractivity (Wildman–Crippen MR) is 99.7 cm³/mol. The molecule has 1 aromatic carbocycles. The van der Waals surface area contributed by atoms with Crippen molar-refractivity contribution in [3.63, 3.8) is 0 Å². The lowest BCUT2D eigenvalue weighted by Crippen LogP contribution is -2.29. The summed E-state index contributed by atoms with van der Waals surface area (Å²) in [5, 5.41) is 22.9. The fraction of sp³-hybridized carbons (Fsp3) is 0.353. The molecule has 1 aromatic rings. The first-order valence-electron chi connectivity index (χ1n) is 7.55. The Bertz CT molecular complexity index is 834. The van der Waals surface area contributed by atoms with E-state index in [9.17, 15) is 18.6 Å². The van der Waals surface area contributed by atoms with Crippen molar-refractivity contribution in [3.05, 3.63) is 47.1 Å². The van der Waals surface area contributed by atoms with Crippen molar-refractivity contribution < 1.29 is 18.6 Å². The number of allylic oxidation sites excluding steroid dienone is 4. The number of phenolic OH excluding ortho intramolecular Hbond substituents is 2. The summed E-state index contributed by atoms with van der Waals surface area (Å²) < 4.78 is 23.3. The van der Waals surface area contributed by atoms with E-state index in [0.29, 0.717) is 11.4 Å². The van der Waals surface area contributed by atoms with Gasteiger partial charge in [-0.3, -0.25) is 0 Å². The van der Waals surface area contributed by atoms with Gasteiger partial charge in [0.25, 0.3) is 0 Å². The fourth-order valence-corrected chi connectivity index (χ4v) is 4.07. The highest BCUT2D eigenvalue weighted by molar-refractivity contribution is 8.93. The second-order valence-electron chi connectivity index (χ2n) is 6.01. The quantitative estimate of drug-likeness (QED) is 0.484. The molecule has 1 aliphatic carbocycles. The van der Waals surface area contributed by atoms with Gasteiger partial charge in [0.1, 0.15) is 0 Å². The van der Waals surface area contributed by atoms with Gasteiger partial charge in [-0.25, -0.2) is 0 Å². The SMILES string of the molecule is Br.CC1=CC(=S(=O)=O)C(C2CNCCc3cc(O)c(O)cc32)C=C1. The molecule has 1 heterocycles. The van der Waals surface area contributed by atoms with Crippen LogP contribution in [0.5, 0.6) is 11.5 Å². The highest BCUT2D eigenvalue weighted by Gasteiger charge is 2.30. The molecule has 0 bridgehead atoms. The van der Waals surface area contributed by atoms with E-state index >= 15 is 0 Å². The molecule has 3 N–H and O–H groups in total. The number of hydrogen-bond donors (Lipinski definition) is 3. The van der Waals surface area contributed by atoms with Crippen LogP contribution in [0.15, 0.2) is 35.9 Å². The van der Waals surface area contributed by atoms with Crippen molar-refractivity contribution in [2.45, 2.75) is 19.3 Å². The number of phenols is 2. The lowest BCUT2D eigenvalue weighted by molar-refractivity contribution is 0.402.